The van der Waals surface area contributed by atoms with Crippen LogP contribution in [0.25, 0.3) is 6.08 Å². The van der Waals surface area contributed by atoms with Crippen LogP contribution >= 0.6 is 0 Å². The molecule has 0 aliphatic rings. The van der Waals surface area contributed by atoms with E-state index in [2.05, 4.69) is 5.32 Å². The van der Waals surface area contributed by atoms with Gasteiger partial charge in [-0.3, -0.25) is 4.79 Å². The molecule has 0 aromatic heterocycles. The molecule has 0 unspecified atom stereocenters. The molecule has 128 valence electrons. The number of amides is 1. The van der Waals surface area contributed by atoms with Gasteiger partial charge in [-0.2, -0.15) is 5.26 Å². The van der Waals surface area contributed by atoms with Crippen molar-refractivity contribution in [2.24, 2.45) is 5.14 Å². The highest BCUT2D eigenvalue weighted by Crippen LogP contribution is 2.09. The molecule has 0 aliphatic carbocycles. The summed E-state index contributed by atoms with van der Waals surface area (Å²) in [5, 5.41) is 16.5. The Kier molecular flexibility index (Phi) is 6.06. The summed E-state index contributed by atoms with van der Waals surface area (Å²) in [7, 11) is -3.69. The largest absolute Gasteiger partial charge is 0.352 e. The average molecular weight is 355 g/mol. The van der Waals surface area contributed by atoms with Gasteiger partial charge in [0.25, 0.3) is 0 Å². The number of nitrogens with one attached hydrogen (secondary N) is 1. The third kappa shape index (κ3) is 5.88. The lowest BCUT2D eigenvalue weighted by atomic mass is 10.1. The Morgan fingerprint density at radius 1 is 1.12 bits per heavy atom. The Balaban J connectivity index is 1.82. The second-order valence-electron chi connectivity index (χ2n) is 5.30. The zero-order valence-electron chi connectivity index (χ0n) is 13.3. The lowest BCUT2D eigenvalue weighted by Crippen LogP contribution is -2.23. The van der Waals surface area contributed by atoms with Gasteiger partial charge < -0.3 is 5.32 Å². The number of carbonyl (C=O) groups excluding carboxylic acids is 1. The summed E-state index contributed by atoms with van der Waals surface area (Å²) in [6.07, 6.45) is 3.66. The van der Waals surface area contributed by atoms with Gasteiger partial charge in [-0.25, -0.2) is 13.6 Å². The lowest BCUT2D eigenvalue weighted by Gasteiger charge is -2.04. The predicted octanol–water partition coefficient (Wildman–Crippen LogP) is 1.58. The van der Waals surface area contributed by atoms with Crippen LogP contribution < -0.4 is 10.5 Å². The smallest absolute Gasteiger partial charge is 0.244 e. The number of nitrogens with zero attached hydrogens (tertiary/aromatic N) is 1. The van der Waals surface area contributed by atoms with Gasteiger partial charge in [0.05, 0.1) is 16.5 Å². The summed E-state index contributed by atoms with van der Waals surface area (Å²) in [6, 6.07) is 15.1. The van der Waals surface area contributed by atoms with E-state index in [-0.39, 0.29) is 10.8 Å². The second kappa shape index (κ2) is 8.24. The highest BCUT2D eigenvalue weighted by atomic mass is 32.2. The SMILES string of the molecule is N#Cc1ccc(C=CC(=O)NCCc2ccc(S(N)(=O)=O)cc2)cc1. The molecule has 3 N–H and O–H groups in total. The van der Waals surface area contributed by atoms with Crippen LogP contribution in [-0.4, -0.2) is 20.9 Å². The van der Waals surface area contributed by atoms with Crippen LogP contribution in [0.3, 0.4) is 0 Å². The van der Waals surface area contributed by atoms with Gasteiger partial charge in [-0.1, -0.05) is 24.3 Å². The molecule has 25 heavy (non-hydrogen) atoms. The van der Waals surface area contributed by atoms with Crippen LogP contribution in [0.2, 0.25) is 0 Å². The van der Waals surface area contributed by atoms with Gasteiger partial charge in [-0.05, 0) is 47.9 Å². The number of carbonyl (C=O) groups is 1. The van der Waals surface area contributed by atoms with Crippen LogP contribution in [0, 0.1) is 11.3 Å². The van der Waals surface area contributed by atoms with E-state index in [1.54, 1.807) is 42.5 Å². The average Bonchev–Trinajstić information content (AvgIpc) is 2.60. The predicted molar refractivity (Wildman–Crippen MR) is 94.7 cm³/mol. The van der Waals surface area contributed by atoms with E-state index in [9.17, 15) is 13.2 Å². The van der Waals surface area contributed by atoms with E-state index in [0.29, 0.717) is 18.5 Å². The van der Waals surface area contributed by atoms with Gasteiger partial charge in [0.15, 0.2) is 0 Å². The first-order valence-electron chi connectivity index (χ1n) is 7.46. The van der Waals surface area contributed by atoms with Crippen molar-refractivity contribution in [3.05, 3.63) is 71.3 Å². The third-order valence-corrected chi connectivity index (χ3v) is 4.36. The topological polar surface area (TPSA) is 113 Å². The molecule has 6 nitrogen and oxygen atoms in total. The number of primary sulfonamides is 1. The maximum Gasteiger partial charge on any atom is 0.244 e. The normalized spacial score (nSPS) is 11.2. The Morgan fingerprint density at radius 3 is 2.32 bits per heavy atom. The molecule has 0 fully saturated rings. The minimum Gasteiger partial charge on any atom is -0.352 e. The van der Waals surface area contributed by atoms with E-state index in [1.165, 1.54) is 18.2 Å². The standard InChI is InChI=1S/C18H17N3O3S/c19-13-16-3-1-14(2-4-16)7-10-18(22)21-12-11-15-5-8-17(9-6-15)25(20,23)24/h1-10H,11-12H2,(H,21,22)(H2,20,23,24). The number of sulfonamides is 1. The molecule has 0 saturated heterocycles. The molecule has 0 aliphatic heterocycles. The first kappa shape index (κ1) is 18.4. The molecule has 0 saturated carbocycles. The molecule has 7 heteroatoms. The van der Waals surface area contributed by atoms with Crippen molar-refractivity contribution in [1.82, 2.24) is 5.32 Å². The quantitative estimate of drug-likeness (QED) is 0.766. The molecule has 0 bridgehead atoms. The molecule has 0 heterocycles. The van der Waals surface area contributed by atoms with Crippen LogP contribution in [0.15, 0.2) is 59.5 Å². The van der Waals surface area contributed by atoms with E-state index in [1.807, 2.05) is 6.07 Å². The zero-order valence-corrected chi connectivity index (χ0v) is 14.2. The summed E-state index contributed by atoms with van der Waals surface area (Å²) < 4.78 is 22.3. The van der Waals surface area contributed by atoms with Crippen molar-refractivity contribution in [1.29, 1.82) is 5.26 Å². The van der Waals surface area contributed by atoms with Crippen molar-refractivity contribution in [3.8, 4) is 6.07 Å². The first-order valence-corrected chi connectivity index (χ1v) is 9.01. The summed E-state index contributed by atoms with van der Waals surface area (Å²) >= 11 is 0. The first-order chi connectivity index (χ1) is 11.9. The minimum absolute atomic E-state index is 0.0608. The Bertz CT molecular complexity index is 910. The maximum atomic E-state index is 11.8. The van der Waals surface area contributed by atoms with Crippen molar-refractivity contribution >= 4 is 22.0 Å². The Morgan fingerprint density at radius 2 is 1.76 bits per heavy atom. The minimum atomic E-state index is -3.69. The van der Waals surface area contributed by atoms with Crippen molar-refractivity contribution in [3.63, 3.8) is 0 Å². The highest BCUT2D eigenvalue weighted by Gasteiger charge is 2.06. The fourth-order valence-electron chi connectivity index (χ4n) is 2.08. The molecule has 0 radical (unpaired) electrons. The number of hydrogen-bond donors (Lipinski definition) is 2. The number of rotatable bonds is 6. The van der Waals surface area contributed by atoms with E-state index < -0.39 is 10.0 Å². The molecule has 2 rings (SSSR count). The Hall–Kier alpha value is -2.95. The molecular weight excluding hydrogens is 338 g/mol. The van der Waals surface area contributed by atoms with Gasteiger partial charge in [0.2, 0.25) is 15.9 Å². The fourth-order valence-corrected chi connectivity index (χ4v) is 2.59. The van der Waals surface area contributed by atoms with Gasteiger partial charge in [-0.15, -0.1) is 0 Å². The summed E-state index contributed by atoms with van der Waals surface area (Å²) in [5.41, 5.74) is 2.28. The highest BCUT2D eigenvalue weighted by molar-refractivity contribution is 7.89. The molecule has 2 aromatic carbocycles. The van der Waals surface area contributed by atoms with Gasteiger partial charge in [0.1, 0.15) is 0 Å². The summed E-state index contributed by atoms with van der Waals surface area (Å²) in [4.78, 5) is 11.8. The molecule has 1 amide bonds. The van der Waals surface area contributed by atoms with Crippen LogP contribution in [-0.2, 0) is 21.2 Å². The zero-order chi connectivity index (χ0) is 18.3. The van der Waals surface area contributed by atoms with Gasteiger partial charge in [0, 0.05) is 12.6 Å². The third-order valence-electron chi connectivity index (χ3n) is 3.43. The van der Waals surface area contributed by atoms with E-state index in [0.717, 1.165) is 11.1 Å². The van der Waals surface area contributed by atoms with Gasteiger partial charge >= 0.3 is 0 Å². The monoisotopic (exact) mass is 355 g/mol. The summed E-state index contributed by atoms with van der Waals surface area (Å²) in [5.74, 6) is -0.231. The van der Waals surface area contributed by atoms with Crippen molar-refractivity contribution < 1.29 is 13.2 Å². The van der Waals surface area contributed by atoms with Crippen molar-refractivity contribution in [2.75, 3.05) is 6.54 Å². The number of nitrogens with two attached hydrogens (primary N) is 1. The Labute approximate surface area is 146 Å². The fraction of sp³-hybridized carbons (Fsp3) is 0.111. The van der Waals surface area contributed by atoms with Crippen LogP contribution in [0.5, 0.6) is 0 Å². The lowest BCUT2D eigenvalue weighted by molar-refractivity contribution is -0.116. The molecular formula is C18H17N3O3S. The number of nitriles is 1. The number of benzene rings is 2. The van der Waals surface area contributed by atoms with E-state index in [4.69, 9.17) is 10.4 Å². The van der Waals surface area contributed by atoms with Crippen LogP contribution in [0.1, 0.15) is 16.7 Å². The van der Waals surface area contributed by atoms with Crippen molar-refractivity contribution in [2.45, 2.75) is 11.3 Å². The molecule has 2 aromatic rings. The molecule has 0 atom stereocenters. The summed E-state index contributed by atoms with van der Waals surface area (Å²) in [6.45, 7) is 0.422. The maximum absolute atomic E-state index is 11.8. The molecule has 0 spiro atoms. The van der Waals surface area contributed by atoms with E-state index >= 15 is 0 Å². The number of hydrogen-bond acceptors (Lipinski definition) is 4. The second-order valence-corrected chi connectivity index (χ2v) is 6.86. The van der Waals surface area contributed by atoms with Crippen LogP contribution in [0.4, 0.5) is 0 Å².